The number of hydrogen-bond acceptors (Lipinski definition) is 41. The van der Waals surface area contributed by atoms with Gasteiger partial charge in [0.15, 0.2) is 11.6 Å². The van der Waals surface area contributed by atoms with Crippen molar-refractivity contribution in [1.29, 1.82) is 0 Å². The first-order valence-corrected chi connectivity index (χ1v) is 46.3. The highest BCUT2D eigenvalue weighted by atomic mass is 19.2. The van der Waals surface area contributed by atoms with Crippen LogP contribution in [0.5, 0.6) is 5.75 Å². The van der Waals surface area contributed by atoms with Crippen molar-refractivity contribution in [3.8, 4) is 5.75 Å². The van der Waals surface area contributed by atoms with Crippen molar-refractivity contribution in [3.05, 3.63) is 41.5 Å². The van der Waals surface area contributed by atoms with Gasteiger partial charge in [0.1, 0.15) is 0 Å². The largest absolute Gasteiger partial charge is 0.420 e. The number of amides is 3. The smallest absolute Gasteiger partial charge is 0.313 e. The van der Waals surface area contributed by atoms with Crippen LogP contribution >= 0.6 is 0 Å². The lowest BCUT2D eigenvalue weighted by Gasteiger charge is -2.13. The molecule has 0 radical (unpaired) electrons. The minimum atomic E-state index is -1.80. The van der Waals surface area contributed by atoms with Crippen LogP contribution in [0.3, 0.4) is 0 Å². The molecular formula is C88H156F4N2O41. The van der Waals surface area contributed by atoms with E-state index in [0.717, 1.165) is 4.90 Å². The normalized spacial score (nSPS) is 12.3. The summed E-state index contributed by atoms with van der Waals surface area (Å²) in [6.07, 6.45) is 2.01. The van der Waals surface area contributed by atoms with Crippen molar-refractivity contribution in [2.45, 2.75) is 12.8 Å². The summed E-state index contributed by atoms with van der Waals surface area (Å²) in [5.41, 5.74) is 0. The molecule has 0 fully saturated rings. The molecule has 0 saturated heterocycles. The molecular weight excluding hydrogens is 1820 g/mol. The number of esters is 1. The fourth-order valence-electron chi connectivity index (χ4n) is 9.98. The van der Waals surface area contributed by atoms with Gasteiger partial charge in [-0.25, -0.2) is 8.78 Å². The summed E-state index contributed by atoms with van der Waals surface area (Å²) in [6.45, 7) is 31.1. The third kappa shape index (κ3) is 91.6. The maximum atomic E-state index is 13.6. The zero-order chi connectivity index (χ0) is 96.5. The molecule has 1 N–H and O–H groups in total. The SMILES string of the molecule is O=C(CCN1C(=O)C=CC1=O)NCCOCCOCCOCCOCCOCCOCCOCCOCCOCCOCCOCCOCCOCCOCCOCCOCCOCCOCCOCCOCCOCCOCCOCCOCCOCCOCCOCCOCCOCCOCCOCCOCCOCCOCCOCCOCCC(=O)Oc1c(F)c(F)cc(F)c1F. The molecule has 0 bridgehead atoms. The predicted molar refractivity (Wildman–Crippen MR) is 469 cm³/mol. The Kier molecular flexibility index (Phi) is 98.4. The molecule has 1 aliphatic rings. The summed E-state index contributed by atoms with van der Waals surface area (Å²) in [4.78, 5) is 47.6. The summed E-state index contributed by atoms with van der Waals surface area (Å²) in [5, 5.41) is 2.68. The Hall–Kier alpha value is -4.68. The van der Waals surface area contributed by atoms with Gasteiger partial charge in [-0.15, -0.1) is 0 Å². The van der Waals surface area contributed by atoms with Crippen LogP contribution in [-0.4, -0.2) is 517 Å². The molecule has 792 valence electrons. The van der Waals surface area contributed by atoms with Gasteiger partial charge in [0, 0.05) is 37.7 Å². The van der Waals surface area contributed by atoms with Gasteiger partial charge in [0.05, 0.1) is 482 Å². The third-order valence-electron chi connectivity index (χ3n) is 16.8. The number of nitrogens with one attached hydrogen (secondary N) is 1. The molecule has 0 atom stereocenters. The van der Waals surface area contributed by atoms with E-state index in [9.17, 15) is 36.7 Å². The Morgan fingerprint density at radius 1 is 0.207 bits per heavy atom. The minimum absolute atomic E-state index is 0.0150. The second kappa shape index (κ2) is 105. The lowest BCUT2D eigenvalue weighted by Crippen LogP contribution is -2.35. The maximum Gasteiger partial charge on any atom is 0.313 e. The van der Waals surface area contributed by atoms with Crippen LogP contribution in [0.4, 0.5) is 17.6 Å². The molecule has 0 saturated carbocycles. The minimum Gasteiger partial charge on any atom is -0.420 e. The van der Waals surface area contributed by atoms with Crippen LogP contribution in [0.25, 0.3) is 0 Å². The standard InChI is InChI=1S/C88H156F4N2O41/c89-80-79-81(90)87(92)88(86(80)91)135-85(98)4-7-99-9-11-101-13-15-103-17-19-105-21-23-107-25-27-109-29-31-111-33-35-113-37-39-115-41-43-117-45-47-119-49-51-121-53-55-123-57-59-125-61-63-127-65-67-129-69-71-131-73-75-133-77-78-134-76-74-132-72-70-130-68-66-128-64-62-126-60-58-124-56-54-122-52-50-120-48-46-118-44-42-116-40-38-114-36-34-112-32-30-110-28-26-108-24-22-106-20-18-104-16-14-102-12-10-100-8-5-93-82(95)3-6-94-83(96)1-2-84(94)97/h1-2,79H,3-78H2,(H,93,95). The molecule has 0 spiro atoms. The molecule has 3 amide bonds. The van der Waals surface area contributed by atoms with Crippen molar-refractivity contribution in [2.24, 2.45) is 0 Å². The number of imide groups is 1. The van der Waals surface area contributed by atoms with Crippen LogP contribution in [-0.2, 0) is 190 Å². The quantitative estimate of drug-likeness (QED) is 0.0241. The van der Waals surface area contributed by atoms with E-state index in [1.54, 1.807) is 0 Å². The molecule has 1 aromatic rings. The van der Waals surface area contributed by atoms with Gasteiger partial charge in [-0.3, -0.25) is 24.1 Å². The summed E-state index contributed by atoms with van der Waals surface area (Å²) in [7, 11) is 0. The lowest BCUT2D eigenvalue weighted by molar-refractivity contribution is -0.138. The lowest BCUT2D eigenvalue weighted by atomic mass is 10.3. The van der Waals surface area contributed by atoms with Crippen molar-refractivity contribution in [1.82, 2.24) is 10.2 Å². The highest BCUT2D eigenvalue weighted by Gasteiger charge is 2.25. The van der Waals surface area contributed by atoms with E-state index < -0.39 is 53.2 Å². The van der Waals surface area contributed by atoms with Crippen LogP contribution in [0, 0.1) is 23.3 Å². The molecule has 2 rings (SSSR count). The van der Waals surface area contributed by atoms with Gasteiger partial charge in [0.2, 0.25) is 23.3 Å². The zero-order valence-corrected chi connectivity index (χ0v) is 79.2. The average Bonchev–Trinajstić information content (AvgIpc) is 1.25. The number of hydrogen-bond donors (Lipinski definition) is 1. The van der Waals surface area contributed by atoms with Gasteiger partial charge < -0.3 is 181 Å². The Morgan fingerprint density at radius 3 is 0.504 bits per heavy atom. The second-order valence-corrected chi connectivity index (χ2v) is 27.3. The van der Waals surface area contributed by atoms with E-state index in [0.29, 0.717) is 456 Å². The van der Waals surface area contributed by atoms with Gasteiger partial charge in [-0.05, 0) is 0 Å². The van der Waals surface area contributed by atoms with Crippen LogP contribution in [0.1, 0.15) is 12.8 Å². The van der Waals surface area contributed by atoms with Crippen LogP contribution in [0.2, 0.25) is 0 Å². The predicted octanol–water partition coefficient (Wildman–Crippen LogP) is 1.57. The van der Waals surface area contributed by atoms with E-state index in [4.69, 9.17) is 171 Å². The van der Waals surface area contributed by atoms with Gasteiger partial charge in [0.25, 0.3) is 11.8 Å². The Balaban J connectivity index is 1.08. The van der Waals surface area contributed by atoms with E-state index >= 15 is 0 Å². The van der Waals surface area contributed by atoms with Gasteiger partial charge in [-0.1, -0.05) is 0 Å². The number of rotatable bonds is 115. The van der Waals surface area contributed by atoms with E-state index in [2.05, 4.69) is 10.1 Å². The van der Waals surface area contributed by atoms with Gasteiger partial charge in [-0.2, -0.15) is 8.78 Å². The molecule has 0 aromatic heterocycles. The number of ether oxygens (including phenoxy) is 37. The maximum absolute atomic E-state index is 13.6. The first-order chi connectivity index (χ1) is 66.7. The first kappa shape index (κ1) is 126. The van der Waals surface area contributed by atoms with E-state index in [1.165, 1.54) is 12.2 Å². The highest BCUT2D eigenvalue weighted by Crippen LogP contribution is 2.27. The zero-order valence-electron chi connectivity index (χ0n) is 79.2. The highest BCUT2D eigenvalue weighted by molar-refractivity contribution is 6.13. The topological polar surface area (TPSA) is 425 Å². The average molecular weight is 1970 g/mol. The van der Waals surface area contributed by atoms with Crippen molar-refractivity contribution in [3.63, 3.8) is 0 Å². The molecule has 135 heavy (non-hydrogen) atoms. The van der Waals surface area contributed by atoms with Crippen LogP contribution < -0.4 is 10.1 Å². The third-order valence-corrected chi connectivity index (χ3v) is 16.8. The van der Waals surface area contributed by atoms with Crippen LogP contribution in [0.15, 0.2) is 18.2 Å². The Bertz CT molecular complexity index is 2670. The summed E-state index contributed by atoms with van der Waals surface area (Å²) in [5.74, 6) is -10.6. The monoisotopic (exact) mass is 1970 g/mol. The van der Waals surface area contributed by atoms with Gasteiger partial charge >= 0.3 is 5.97 Å². The molecule has 1 heterocycles. The fraction of sp³-hybridized carbons (Fsp3) is 0.864. The van der Waals surface area contributed by atoms with Crippen molar-refractivity contribution < 1.29 is 212 Å². The molecule has 1 aliphatic heterocycles. The summed E-state index contributed by atoms with van der Waals surface area (Å²) < 4.78 is 256. The Labute approximate surface area is 791 Å². The van der Waals surface area contributed by atoms with Crippen molar-refractivity contribution >= 4 is 23.7 Å². The molecule has 47 heteroatoms. The van der Waals surface area contributed by atoms with Crippen molar-refractivity contribution in [2.75, 3.05) is 489 Å². The summed E-state index contributed by atoms with van der Waals surface area (Å²) in [6, 6.07) is 0.0150. The van der Waals surface area contributed by atoms with E-state index in [-0.39, 0.29) is 51.4 Å². The number of nitrogens with zero attached hydrogens (tertiary/aromatic N) is 1. The molecule has 0 unspecified atom stereocenters. The second-order valence-electron chi connectivity index (χ2n) is 27.3. The first-order valence-electron chi connectivity index (χ1n) is 46.3. The number of carbonyl (C=O) groups is 4. The molecule has 1 aromatic carbocycles. The molecule has 0 aliphatic carbocycles. The number of halogens is 4. The summed E-state index contributed by atoms with van der Waals surface area (Å²) >= 11 is 0. The van der Waals surface area contributed by atoms with E-state index in [1.807, 2.05) is 0 Å². The fourth-order valence-corrected chi connectivity index (χ4v) is 9.98. The molecule has 43 nitrogen and oxygen atoms in total. The number of benzene rings is 1. The number of carbonyl (C=O) groups excluding carboxylic acids is 4. The Morgan fingerprint density at radius 2 is 0.348 bits per heavy atom.